The van der Waals surface area contributed by atoms with Gasteiger partial charge in [0.25, 0.3) is 5.91 Å². The lowest BCUT2D eigenvalue weighted by molar-refractivity contribution is -0.145. The number of esters is 1. The van der Waals surface area contributed by atoms with Crippen LogP contribution < -0.4 is 16.0 Å². The zero-order valence-corrected chi connectivity index (χ0v) is 26.0. The third kappa shape index (κ3) is 6.41. The number of nitrogens with zero attached hydrogens (tertiary/aromatic N) is 2. The highest BCUT2D eigenvalue weighted by atomic mass is 35.5. The van der Waals surface area contributed by atoms with Crippen LogP contribution in [0.3, 0.4) is 0 Å². The molecule has 3 aromatic carbocycles. The summed E-state index contributed by atoms with van der Waals surface area (Å²) < 4.78 is 5.58. The minimum absolute atomic E-state index is 0.0148. The third-order valence-corrected chi connectivity index (χ3v) is 8.73. The molecule has 224 valence electrons. The maximum absolute atomic E-state index is 13.1. The number of anilines is 3. The maximum Gasteiger partial charge on any atom is 0.308 e. The molecule has 11 heteroatoms. The molecule has 0 aliphatic carbocycles. The first-order valence-electron chi connectivity index (χ1n) is 13.8. The average Bonchev–Trinajstić information content (AvgIpc) is 3.21. The van der Waals surface area contributed by atoms with Crippen molar-refractivity contribution in [3.05, 3.63) is 111 Å². The molecule has 0 fully saturated rings. The van der Waals surface area contributed by atoms with Gasteiger partial charge in [-0.05, 0) is 68.3 Å². The fourth-order valence-electron chi connectivity index (χ4n) is 4.83. The van der Waals surface area contributed by atoms with E-state index in [0.29, 0.717) is 33.2 Å². The summed E-state index contributed by atoms with van der Waals surface area (Å²) >= 11 is 7.65. The molecule has 0 spiro atoms. The van der Waals surface area contributed by atoms with Crippen molar-refractivity contribution in [3.8, 4) is 0 Å². The number of benzene rings is 3. The number of aryl methyl sites for hydroxylation is 1. The molecule has 2 heterocycles. The molecule has 1 aliphatic rings. The standard InChI is InChI=1S/C33H31ClN6O3S/c1-18-19(2)44-33-29(18)30(22-12-14-24(34)15-13-22)38-27(31(37)40(33)20(3)35)16-28(41)43-17-21-8-10-23(11-9-21)32(42)39-26-7-5-4-6-25(26)36/h4-15,27,35,37H,16-17,36H2,1-3H3,(H,39,42)/t27-/m1/s1. The Morgan fingerprint density at radius 3 is 2.41 bits per heavy atom. The summed E-state index contributed by atoms with van der Waals surface area (Å²) in [5, 5.41) is 21.6. The minimum atomic E-state index is -0.885. The molecule has 0 bridgehead atoms. The Morgan fingerprint density at radius 1 is 1.07 bits per heavy atom. The van der Waals surface area contributed by atoms with E-state index < -0.39 is 12.0 Å². The molecule has 1 aliphatic heterocycles. The van der Waals surface area contributed by atoms with Gasteiger partial charge >= 0.3 is 5.97 Å². The van der Waals surface area contributed by atoms with Crippen molar-refractivity contribution in [2.45, 2.75) is 39.8 Å². The number of halogens is 1. The van der Waals surface area contributed by atoms with Gasteiger partial charge in [-0.2, -0.15) is 0 Å². The molecule has 1 atom stereocenters. The Balaban J connectivity index is 1.33. The number of para-hydroxylation sites is 2. The van der Waals surface area contributed by atoms with Crippen LogP contribution in [0.2, 0.25) is 5.02 Å². The summed E-state index contributed by atoms with van der Waals surface area (Å²) in [6.45, 7) is 5.60. The number of amidine groups is 2. The summed E-state index contributed by atoms with van der Waals surface area (Å²) in [5.74, 6) is -0.670. The van der Waals surface area contributed by atoms with Gasteiger partial charge in [-0.3, -0.25) is 30.3 Å². The van der Waals surface area contributed by atoms with E-state index in [-0.39, 0.29) is 30.6 Å². The lowest BCUT2D eigenvalue weighted by Gasteiger charge is -2.24. The predicted molar refractivity (Wildman–Crippen MR) is 178 cm³/mol. The Kier molecular flexibility index (Phi) is 8.93. The maximum atomic E-state index is 13.1. The van der Waals surface area contributed by atoms with Crippen molar-refractivity contribution in [1.82, 2.24) is 0 Å². The number of nitrogens with one attached hydrogen (secondary N) is 3. The number of carbonyl (C=O) groups is 2. The van der Waals surface area contributed by atoms with Gasteiger partial charge in [-0.15, -0.1) is 11.3 Å². The van der Waals surface area contributed by atoms with Crippen molar-refractivity contribution >= 4 is 68.6 Å². The lowest BCUT2D eigenvalue weighted by Crippen LogP contribution is -2.41. The number of hydrogen-bond donors (Lipinski definition) is 4. The molecule has 1 amide bonds. The third-order valence-electron chi connectivity index (χ3n) is 7.29. The van der Waals surface area contributed by atoms with E-state index in [2.05, 4.69) is 5.32 Å². The number of thiophene rings is 1. The highest BCUT2D eigenvalue weighted by molar-refractivity contribution is 7.17. The molecule has 5 rings (SSSR count). The van der Waals surface area contributed by atoms with Gasteiger partial charge in [0.1, 0.15) is 29.3 Å². The van der Waals surface area contributed by atoms with E-state index >= 15 is 0 Å². The van der Waals surface area contributed by atoms with Crippen molar-refractivity contribution in [1.29, 1.82) is 10.8 Å². The van der Waals surface area contributed by atoms with E-state index in [4.69, 9.17) is 37.9 Å². The van der Waals surface area contributed by atoms with E-state index in [1.54, 1.807) is 72.5 Å². The zero-order valence-electron chi connectivity index (χ0n) is 24.4. The quantitative estimate of drug-likeness (QED) is 0.0756. The van der Waals surface area contributed by atoms with Crippen LogP contribution in [0.4, 0.5) is 16.4 Å². The Bertz CT molecular complexity index is 1800. The van der Waals surface area contributed by atoms with Crippen LogP contribution in [0, 0.1) is 24.7 Å². The van der Waals surface area contributed by atoms with Gasteiger partial charge in [0.2, 0.25) is 0 Å². The van der Waals surface area contributed by atoms with Crippen LogP contribution >= 0.6 is 22.9 Å². The zero-order chi connectivity index (χ0) is 31.5. The minimum Gasteiger partial charge on any atom is -0.461 e. The number of aliphatic imine (C=N–C) groups is 1. The van der Waals surface area contributed by atoms with E-state index in [0.717, 1.165) is 26.6 Å². The van der Waals surface area contributed by atoms with Crippen LogP contribution in [0.5, 0.6) is 0 Å². The summed E-state index contributed by atoms with van der Waals surface area (Å²) in [6.07, 6.45) is -0.189. The average molecular weight is 627 g/mol. The highest BCUT2D eigenvalue weighted by Crippen LogP contribution is 2.40. The number of nitrogen functional groups attached to an aromatic ring is 1. The normalized spacial score (nSPS) is 14.4. The molecule has 0 saturated carbocycles. The molecule has 0 unspecified atom stereocenters. The summed E-state index contributed by atoms with van der Waals surface area (Å²) in [6, 6.07) is 20.1. The first kappa shape index (κ1) is 30.7. The highest BCUT2D eigenvalue weighted by Gasteiger charge is 2.35. The number of hydrogen-bond acceptors (Lipinski definition) is 8. The van der Waals surface area contributed by atoms with E-state index in [1.807, 2.05) is 26.0 Å². The van der Waals surface area contributed by atoms with Crippen molar-refractivity contribution in [3.63, 3.8) is 0 Å². The largest absolute Gasteiger partial charge is 0.461 e. The number of fused-ring (bicyclic) bond motifs is 1. The fraction of sp³-hybridized carbons (Fsp3) is 0.182. The molecule has 0 saturated heterocycles. The summed E-state index contributed by atoms with van der Waals surface area (Å²) in [7, 11) is 0. The number of ether oxygens (including phenoxy) is 1. The predicted octanol–water partition coefficient (Wildman–Crippen LogP) is 6.99. The molecular formula is C33H31ClN6O3S. The molecule has 9 nitrogen and oxygen atoms in total. The van der Waals surface area contributed by atoms with Crippen LogP contribution in [0.25, 0.3) is 0 Å². The Labute approximate surface area is 264 Å². The van der Waals surface area contributed by atoms with Crippen LogP contribution in [0.15, 0.2) is 77.8 Å². The van der Waals surface area contributed by atoms with E-state index in [9.17, 15) is 9.59 Å². The van der Waals surface area contributed by atoms with Crippen molar-refractivity contribution in [2.24, 2.45) is 4.99 Å². The van der Waals surface area contributed by atoms with Crippen LogP contribution in [-0.2, 0) is 16.1 Å². The first-order chi connectivity index (χ1) is 21.0. The van der Waals surface area contributed by atoms with Crippen molar-refractivity contribution < 1.29 is 14.3 Å². The van der Waals surface area contributed by atoms with Gasteiger partial charge < -0.3 is 15.8 Å². The number of nitrogens with two attached hydrogens (primary N) is 1. The van der Waals surface area contributed by atoms with Gasteiger partial charge in [-0.1, -0.05) is 48.0 Å². The Morgan fingerprint density at radius 2 is 1.75 bits per heavy atom. The monoisotopic (exact) mass is 626 g/mol. The first-order valence-corrected chi connectivity index (χ1v) is 15.0. The molecule has 0 radical (unpaired) electrons. The molecule has 5 N–H and O–H groups in total. The second-order valence-electron chi connectivity index (χ2n) is 10.4. The topological polar surface area (TPSA) is 145 Å². The van der Waals surface area contributed by atoms with E-state index in [1.165, 1.54) is 11.3 Å². The fourth-order valence-corrected chi connectivity index (χ4v) is 6.18. The number of amides is 1. The SMILES string of the molecule is CC(=N)N1C(=N)[C@@H](CC(=O)OCc2ccc(C(=O)Nc3ccccc3N)cc2)N=C(c2ccc(Cl)cc2)c2c1sc(C)c2C. The summed E-state index contributed by atoms with van der Waals surface area (Å²) in [4.78, 5) is 33.3. The van der Waals surface area contributed by atoms with Crippen molar-refractivity contribution in [2.75, 3.05) is 16.0 Å². The second kappa shape index (κ2) is 12.8. The van der Waals surface area contributed by atoms with Gasteiger partial charge in [0.15, 0.2) is 0 Å². The smallest absolute Gasteiger partial charge is 0.308 e. The molecule has 44 heavy (non-hydrogen) atoms. The van der Waals surface area contributed by atoms with Gasteiger partial charge in [0.05, 0.1) is 23.5 Å². The number of rotatable bonds is 7. The molecular weight excluding hydrogens is 596 g/mol. The Hall–Kier alpha value is -4.80. The number of carbonyl (C=O) groups excluding carboxylic acids is 2. The van der Waals surface area contributed by atoms with Gasteiger partial charge in [-0.25, -0.2) is 0 Å². The summed E-state index contributed by atoms with van der Waals surface area (Å²) in [5.41, 5.74) is 11.3. The van der Waals surface area contributed by atoms with Crippen LogP contribution in [-0.4, -0.2) is 35.3 Å². The van der Waals surface area contributed by atoms with Gasteiger partial charge in [0, 0.05) is 26.6 Å². The van der Waals surface area contributed by atoms with Crippen LogP contribution in [0.1, 0.15) is 50.8 Å². The molecule has 1 aromatic heterocycles. The lowest BCUT2D eigenvalue weighted by atomic mass is 9.99. The molecule has 4 aromatic rings. The second-order valence-corrected chi connectivity index (χ2v) is 12.0.